The van der Waals surface area contributed by atoms with E-state index in [1.807, 2.05) is 50.2 Å². The number of nitriles is 1. The lowest BCUT2D eigenvalue weighted by Gasteiger charge is -2.18. The molecule has 2 unspecified atom stereocenters. The van der Waals surface area contributed by atoms with Crippen LogP contribution in [0.2, 0.25) is 0 Å². The van der Waals surface area contributed by atoms with Gasteiger partial charge in [-0.25, -0.2) is 0 Å². The lowest BCUT2D eigenvalue weighted by atomic mass is 9.85. The Hall–Kier alpha value is -2.21. The number of hydrogen-bond donors (Lipinski definition) is 1. The molecule has 0 amide bonds. The summed E-state index contributed by atoms with van der Waals surface area (Å²) in [5.74, 6) is 0.190. The first-order chi connectivity index (χ1) is 10.0. The zero-order valence-electron chi connectivity index (χ0n) is 12.4. The maximum atomic E-state index is 10.00. The summed E-state index contributed by atoms with van der Waals surface area (Å²) in [6, 6.07) is 15.3. The van der Waals surface area contributed by atoms with Gasteiger partial charge in [0.2, 0.25) is 0 Å². The van der Waals surface area contributed by atoms with Crippen molar-refractivity contribution in [1.29, 1.82) is 5.26 Å². The standard InChI is InChI=1S/C18H18BNO/c1-12-3-8-18(21)17(9-12)13(2)10-15(11-20)14-4-6-16(19)7-5-14/h3-9,13,15,21H,10H2,1-2H3. The smallest absolute Gasteiger partial charge is 0.119 e. The topological polar surface area (TPSA) is 44.0 Å². The summed E-state index contributed by atoms with van der Waals surface area (Å²) in [5, 5.41) is 19.4. The van der Waals surface area contributed by atoms with Gasteiger partial charge in [0.1, 0.15) is 13.6 Å². The molecule has 2 nitrogen and oxygen atoms in total. The lowest BCUT2D eigenvalue weighted by molar-refractivity contribution is 0.459. The van der Waals surface area contributed by atoms with E-state index in [0.717, 1.165) is 16.7 Å². The number of nitrogens with zero attached hydrogens (tertiary/aromatic N) is 1. The maximum absolute atomic E-state index is 10.00. The van der Waals surface area contributed by atoms with Crippen LogP contribution in [0.4, 0.5) is 0 Å². The minimum absolute atomic E-state index is 0.104. The van der Waals surface area contributed by atoms with Crippen molar-refractivity contribution in [1.82, 2.24) is 0 Å². The second-order valence-corrected chi connectivity index (χ2v) is 5.55. The van der Waals surface area contributed by atoms with Crippen LogP contribution in [0, 0.1) is 18.3 Å². The predicted octanol–water partition coefficient (Wildman–Crippen LogP) is 3.30. The first-order valence-electron chi connectivity index (χ1n) is 7.06. The Balaban J connectivity index is 2.20. The molecule has 0 spiro atoms. The minimum Gasteiger partial charge on any atom is -0.508 e. The van der Waals surface area contributed by atoms with Crippen LogP contribution >= 0.6 is 0 Å². The summed E-state index contributed by atoms with van der Waals surface area (Å²) >= 11 is 0. The van der Waals surface area contributed by atoms with Gasteiger partial charge in [-0.1, -0.05) is 54.3 Å². The van der Waals surface area contributed by atoms with Crippen molar-refractivity contribution in [3.63, 3.8) is 0 Å². The fourth-order valence-corrected chi connectivity index (χ4v) is 2.54. The molecule has 3 heteroatoms. The maximum Gasteiger partial charge on any atom is 0.119 e. The van der Waals surface area contributed by atoms with E-state index in [1.54, 1.807) is 6.07 Å². The van der Waals surface area contributed by atoms with Crippen molar-refractivity contribution in [2.75, 3.05) is 0 Å². The summed E-state index contributed by atoms with van der Waals surface area (Å²) < 4.78 is 0. The van der Waals surface area contributed by atoms with E-state index in [1.165, 1.54) is 0 Å². The molecule has 104 valence electrons. The van der Waals surface area contributed by atoms with Gasteiger partial charge in [-0.15, -0.1) is 0 Å². The number of aryl methyl sites for hydroxylation is 1. The molecule has 2 aromatic rings. The number of rotatable bonds is 4. The molecule has 0 heterocycles. The molecule has 2 atom stereocenters. The first kappa shape index (κ1) is 15.2. The zero-order valence-corrected chi connectivity index (χ0v) is 12.4. The number of phenols is 1. The van der Waals surface area contributed by atoms with E-state index >= 15 is 0 Å². The van der Waals surface area contributed by atoms with Gasteiger partial charge in [-0.2, -0.15) is 5.26 Å². The highest BCUT2D eigenvalue weighted by Gasteiger charge is 2.18. The SMILES string of the molecule is [B]c1ccc(C(C#N)CC(C)c2cc(C)ccc2O)cc1. The second-order valence-electron chi connectivity index (χ2n) is 5.55. The van der Waals surface area contributed by atoms with E-state index in [0.29, 0.717) is 17.6 Å². The number of hydrogen-bond acceptors (Lipinski definition) is 2. The van der Waals surface area contributed by atoms with Gasteiger partial charge in [0, 0.05) is 0 Å². The molecular weight excluding hydrogens is 257 g/mol. The molecule has 21 heavy (non-hydrogen) atoms. The van der Waals surface area contributed by atoms with Crippen molar-refractivity contribution >= 4 is 13.3 Å². The Morgan fingerprint density at radius 2 is 1.86 bits per heavy atom. The van der Waals surface area contributed by atoms with Crippen LogP contribution in [0.1, 0.15) is 41.9 Å². The van der Waals surface area contributed by atoms with Crippen molar-refractivity contribution in [3.05, 3.63) is 59.2 Å². The Labute approximate surface area is 127 Å². The number of benzene rings is 2. The largest absolute Gasteiger partial charge is 0.508 e. The molecule has 0 fully saturated rings. The van der Waals surface area contributed by atoms with Gasteiger partial charge in [-0.05, 0) is 36.5 Å². The molecule has 0 aliphatic carbocycles. The van der Waals surface area contributed by atoms with Gasteiger partial charge >= 0.3 is 0 Å². The van der Waals surface area contributed by atoms with E-state index < -0.39 is 0 Å². The second kappa shape index (κ2) is 6.50. The van der Waals surface area contributed by atoms with Gasteiger partial charge in [0.05, 0.1) is 12.0 Å². The third-order valence-corrected chi connectivity index (χ3v) is 3.80. The summed E-state index contributed by atoms with van der Waals surface area (Å²) in [5.41, 5.74) is 3.66. The van der Waals surface area contributed by atoms with Crippen LogP contribution in [0.5, 0.6) is 5.75 Å². The zero-order chi connectivity index (χ0) is 15.4. The molecule has 0 bridgehead atoms. The molecule has 0 saturated heterocycles. The third-order valence-electron chi connectivity index (χ3n) is 3.80. The fourth-order valence-electron chi connectivity index (χ4n) is 2.54. The monoisotopic (exact) mass is 275 g/mol. The molecule has 0 aliphatic rings. The van der Waals surface area contributed by atoms with E-state index in [-0.39, 0.29) is 11.8 Å². The average molecular weight is 275 g/mol. The molecule has 0 aliphatic heterocycles. The molecule has 2 aromatic carbocycles. The Morgan fingerprint density at radius 1 is 1.19 bits per heavy atom. The molecule has 1 N–H and O–H groups in total. The van der Waals surface area contributed by atoms with Crippen LogP contribution in [0.25, 0.3) is 0 Å². The molecule has 0 aromatic heterocycles. The molecule has 2 radical (unpaired) electrons. The van der Waals surface area contributed by atoms with Crippen LogP contribution < -0.4 is 5.46 Å². The summed E-state index contributed by atoms with van der Waals surface area (Å²) in [6.07, 6.45) is 0.664. The van der Waals surface area contributed by atoms with Crippen molar-refractivity contribution in [2.24, 2.45) is 0 Å². The highest BCUT2D eigenvalue weighted by molar-refractivity contribution is 6.32. The highest BCUT2D eigenvalue weighted by atomic mass is 16.3. The van der Waals surface area contributed by atoms with Crippen molar-refractivity contribution in [3.8, 4) is 11.8 Å². The normalized spacial score (nSPS) is 13.4. The summed E-state index contributed by atoms with van der Waals surface area (Å²) in [7, 11) is 5.68. The highest BCUT2D eigenvalue weighted by Crippen LogP contribution is 2.33. The van der Waals surface area contributed by atoms with Crippen LogP contribution in [0.15, 0.2) is 42.5 Å². The van der Waals surface area contributed by atoms with Crippen LogP contribution in [-0.4, -0.2) is 13.0 Å². The summed E-state index contributed by atoms with van der Waals surface area (Å²) in [6.45, 7) is 4.04. The third kappa shape index (κ3) is 3.67. The minimum atomic E-state index is -0.208. The van der Waals surface area contributed by atoms with Crippen molar-refractivity contribution in [2.45, 2.75) is 32.1 Å². The molecular formula is C18H18BNO. The number of phenolic OH excluding ortho intramolecular Hbond substituents is 1. The molecule has 2 rings (SSSR count). The van der Waals surface area contributed by atoms with Gasteiger partial charge < -0.3 is 5.11 Å². The fraction of sp³-hybridized carbons (Fsp3) is 0.278. The Kier molecular flexibility index (Phi) is 4.70. The van der Waals surface area contributed by atoms with Gasteiger partial charge in [0.25, 0.3) is 0 Å². The summed E-state index contributed by atoms with van der Waals surface area (Å²) in [4.78, 5) is 0. The van der Waals surface area contributed by atoms with E-state index in [4.69, 9.17) is 7.85 Å². The molecule has 0 saturated carbocycles. The Bertz CT molecular complexity index is 658. The van der Waals surface area contributed by atoms with E-state index in [9.17, 15) is 10.4 Å². The Morgan fingerprint density at radius 3 is 2.48 bits per heavy atom. The van der Waals surface area contributed by atoms with Gasteiger partial charge in [-0.3, -0.25) is 0 Å². The van der Waals surface area contributed by atoms with Gasteiger partial charge in [0.15, 0.2) is 0 Å². The van der Waals surface area contributed by atoms with Crippen LogP contribution in [0.3, 0.4) is 0 Å². The lowest BCUT2D eigenvalue weighted by Crippen LogP contribution is -2.06. The van der Waals surface area contributed by atoms with Crippen molar-refractivity contribution < 1.29 is 5.11 Å². The quantitative estimate of drug-likeness (QED) is 0.870. The first-order valence-corrected chi connectivity index (χ1v) is 7.06. The predicted molar refractivity (Wildman–Crippen MR) is 86.1 cm³/mol. The van der Waals surface area contributed by atoms with E-state index in [2.05, 4.69) is 6.07 Å². The number of aromatic hydroxyl groups is 1. The van der Waals surface area contributed by atoms with Crippen LogP contribution in [-0.2, 0) is 0 Å². The average Bonchev–Trinajstić information content (AvgIpc) is 2.48.